The average Bonchev–Trinajstić information content (AvgIpc) is 2.91. The number of nitrogens with zero attached hydrogens (tertiary/aromatic N) is 3. The monoisotopic (exact) mass is 287 g/mol. The summed E-state index contributed by atoms with van der Waals surface area (Å²) in [6.07, 6.45) is 1.68. The van der Waals surface area contributed by atoms with Crippen molar-refractivity contribution in [1.82, 2.24) is 14.7 Å². The van der Waals surface area contributed by atoms with Crippen LogP contribution in [0.25, 0.3) is 11.4 Å². The second kappa shape index (κ2) is 5.30. The zero-order valence-electron chi connectivity index (χ0n) is 10.4. The highest BCUT2D eigenvalue weighted by molar-refractivity contribution is 6.30. The Balaban J connectivity index is 1.86. The Kier molecular flexibility index (Phi) is 3.35. The van der Waals surface area contributed by atoms with Crippen LogP contribution in [0.2, 0.25) is 5.02 Å². The van der Waals surface area contributed by atoms with Crippen LogP contribution in [0.3, 0.4) is 0 Å². The number of aromatic nitrogens is 3. The molecule has 0 aliphatic carbocycles. The summed E-state index contributed by atoms with van der Waals surface area (Å²) < 4.78 is 6.65. The van der Waals surface area contributed by atoms with E-state index in [9.17, 15) is 4.79 Å². The highest BCUT2D eigenvalue weighted by atomic mass is 35.5. The van der Waals surface area contributed by atoms with E-state index in [0.717, 1.165) is 5.56 Å². The molecule has 0 N–H and O–H groups in total. The number of halogens is 1. The molecule has 0 amide bonds. The normalized spacial score (nSPS) is 10.7. The van der Waals surface area contributed by atoms with Crippen LogP contribution in [0.1, 0.15) is 5.89 Å². The molecule has 0 aliphatic rings. The van der Waals surface area contributed by atoms with E-state index >= 15 is 0 Å². The molecule has 0 unspecified atom stereocenters. The third kappa shape index (κ3) is 2.62. The molecule has 0 fully saturated rings. The van der Waals surface area contributed by atoms with Crippen LogP contribution in [-0.4, -0.2) is 14.7 Å². The van der Waals surface area contributed by atoms with Gasteiger partial charge in [0.05, 0.1) is 0 Å². The lowest BCUT2D eigenvalue weighted by Gasteiger charge is -1.99. The number of benzene rings is 1. The quantitative estimate of drug-likeness (QED) is 0.743. The minimum Gasteiger partial charge on any atom is -0.337 e. The van der Waals surface area contributed by atoms with Crippen LogP contribution >= 0.6 is 11.6 Å². The molecule has 0 aliphatic heterocycles. The molecule has 0 saturated carbocycles. The lowest BCUT2D eigenvalue weighted by Crippen LogP contribution is -2.18. The molecule has 5 nitrogen and oxygen atoms in total. The van der Waals surface area contributed by atoms with Crippen molar-refractivity contribution in [2.45, 2.75) is 6.54 Å². The van der Waals surface area contributed by atoms with Gasteiger partial charge in [0.25, 0.3) is 5.56 Å². The van der Waals surface area contributed by atoms with Crippen LogP contribution in [0.4, 0.5) is 0 Å². The summed E-state index contributed by atoms with van der Waals surface area (Å²) in [5, 5.41) is 4.54. The number of hydrogen-bond acceptors (Lipinski definition) is 4. The molecule has 2 aromatic heterocycles. The van der Waals surface area contributed by atoms with Crippen molar-refractivity contribution >= 4 is 11.6 Å². The summed E-state index contributed by atoms with van der Waals surface area (Å²) in [7, 11) is 0. The largest absolute Gasteiger partial charge is 0.337 e. The van der Waals surface area contributed by atoms with Crippen LogP contribution in [-0.2, 0) is 6.54 Å². The Morgan fingerprint density at radius 2 is 1.95 bits per heavy atom. The number of hydrogen-bond donors (Lipinski definition) is 0. The highest BCUT2D eigenvalue weighted by Gasteiger charge is 2.09. The van der Waals surface area contributed by atoms with Crippen molar-refractivity contribution in [1.29, 1.82) is 0 Å². The molecule has 3 rings (SSSR count). The Hall–Kier alpha value is -2.40. The van der Waals surface area contributed by atoms with Crippen molar-refractivity contribution in [3.63, 3.8) is 0 Å². The zero-order valence-corrected chi connectivity index (χ0v) is 11.1. The lowest BCUT2D eigenvalue weighted by atomic mass is 10.2. The summed E-state index contributed by atoms with van der Waals surface area (Å²) >= 11 is 5.83. The maximum atomic E-state index is 11.6. The van der Waals surface area contributed by atoms with Gasteiger partial charge in [-0.05, 0) is 30.3 Å². The first-order chi connectivity index (χ1) is 9.72. The number of rotatable bonds is 3. The predicted molar refractivity (Wildman–Crippen MR) is 74.5 cm³/mol. The fraction of sp³-hybridized carbons (Fsp3) is 0.0714. The van der Waals surface area contributed by atoms with Crippen molar-refractivity contribution in [3.8, 4) is 11.4 Å². The van der Waals surface area contributed by atoms with E-state index in [-0.39, 0.29) is 12.1 Å². The first-order valence-corrected chi connectivity index (χ1v) is 6.34. The maximum Gasteiger partial charge on any atom is 0.250 e. The van der Waals surface area contributed by atoms with Gasteiger partial charge in [-0.1, -0.05) is 22.8 Å². The van der Waals surface area contributed by atoms with Crippen LogP contribution < -0.4 is 5.56 Å². The molecule has 0 bridgehead atoms. The van der Waals surface area contributed by atoms with Gasteiger partial charge in [0.1, 0.15) is 6.54 Å². The third-order valence-electron chi connectivity index (χ3n) is 2.78. The fourth-order valence-electron chi connectivity index (χ4n) is 1.77. The summed E-state index contributed by atoms with van der Waals surface area (Å²) in [4.78, 5) is 15.9. The topological polar surface area (TPSA) is 60.9 Å². The van der Waals surface area contributed by atoms with Gasteiger partial charge < -0.3 is 9.09 Å². The number of pyridine rings is 1. The molecule has 1 aromatic carbocycles. The Morgan fingerprint density at radius 3 is 2.70 bits per heavy atom. The summed E-state index contributed by atoms with van der Waals surface area (Å²) in [5.41, 5.74) is 0.698. The third-order valence-corrected chi connectivity index (χ3v) is 3.03. The van der Waals surface area contributed by atoms with E-state index in [2.05, 4.69) is 10.1 Å². The maximum absolute atomic E-state index is 11.6. The molecule has 3 aromatic rings. The molecule has 2 heterocycles. The van der Waals surface area contributed by atoms with E-state index in [4.69, 9.17) is 16.1 Å². The fourth-order valence-corrected chi connectivity index (χ4v) is 1.90. The van der Waals surface area contributed by atoms with Gasteiger partial charge in [0.2, 0.25) is 11.7 Å². The highest BCUT2D eigenvalue weighted by Crippen LogP contribution is 2.18. The second-order valence-corrected chi connectivity index (χ2v) is 4.62. The van der Waals surface area contributed by atoms with Crippen molar-refractivity contribution < 1.29 is 4.52 Å². The Bertz CT molecular complexity index is 777. The molecular weight excluding hydrogens is 278 g/mol. The molecule has 6 heteroatoms. The summed E-state index contributed by atoms with van der Waals surface area (Å²) in [5.74, 6) is 0.851. The molecule has 0 spiro atoms. The Labute approximate surface area is 119 Å². The van der Waals surface area contributed by atoms with Gasteiger partial charge >= 0.3 is 0 Å². The molecule has 20 heavy (non-hydrogen) atoms. The predicted octanol–water partition coefficient (Wildman–Crippen LogP) is 2.60. The zero-order chi connectivity index (χ0) is 13.9. The molecule has 100 valence electrons. The van der Waals surface area contributed by atoms with Gasteiger partial charge in [0, 0.05) is 22.8 Å². The van der Waals surface area contributed by atoms with Crippen LogP contribution in [0.15, 0.2) is 58.0 Å². The van der Waals surface area contributed by atoms with Crippen LogP contribution in [0.5, 0.6) is 0 Å². The van der Waals surface area contributed by atoms with E-state index < -0.39 is 0 Å². The van der Waals surface area contributed by atoms with Crippen molar-refractivity contribution in [3.05, 3.63) is 69.9 Å². The van der Waals surface area contributed by atoms with Gasteiger partial charge in [-0.3, -0.25) is 4.79 Å². The van der Waals surface area contributed by atoms with Crippen molar-refractivity contribution in [2.24, 2.45) is 0 Å². The van der Waals surface area contributed by atoms with E-state index in [1.54, 1.807) is 30.5 Å². The molecule has 0 radical (unpaired) electrons. The summed E-state index contributed by atoms with van der Waals surface area (Å²) in [6, 6.07) is 12.1. The average molecular weight is 288 g/mol. The standard InChI is InChI=1S/C14H10ClN3O2/c15-11-6-4-10(5-7-11)14-16-12(20-17-14)9-18-8-2-1-3-13(18)19/h1-8H,9H2. The first kappa shape index (κ1) is 12.6. The minimum absolute atomic E-state index is 0.112. The molecular formula is C14H10ClN3O2. The van der Waals surface area contributed by atoms with Gasteiger partial charge in [-0.25, -0.2) is 0 Å². The van der Waals surface area contributed by atoms with Crippen LogP contribution in [0, 0.1) is 0 Å². The SMILES string of the molecule is O=c1ccccn1Cc1nc(-c2ccc(Cl)cc2)no1. The van der Waals surface area contributed by atoms with Crippen molar-refractivity contribution in [2.75, 3.05) is 0 Å². The minimum atomic E-state index is -0.112. The lowest BCUT2D eigenvalue weighted by molar-refractivity contribution is 0.370. The first-order valence-electron chi connectivity index (χ1n) is 5.96. The smallest absolute Gasteiger partial charge is 0.250 e. The van der Waals surface area contributed by atoms with E-state index in [1.165, 1.54) is 10.6 Å². The molecule has 0 atom stereocenters. The van der Waals surface area contributed by atoms with Gasteiger partial charge in [0.15, 0.2) is 0 Å². The second-order valence-electron chi connectivity index (χ2n) is 4.19. The van der Waals surface area contributed by atoms with E-state index in [0.29, 0.717) is 16.7 Å². The van der Waals surface area contributed by atoms with E-state index in [1.807, 2.05) is 12.1 Å². The Morgan fingerprint density at radius 1 is 1.15 bits per heavy atom. The summed E-state index contributed by atoms with van der Waals surface area (Å²) in [6.45, 7) is 0.250. The van der Waals surface area contributed by atoms with Gasteiger partial charge in [-0.15, -0.1) is 0 Å². The molecule has 0 saturated heterocycles. The van der Waals surface area contributed by atoms with Gasteiger partial charge in [-0.2, -0.15) is 4.98 Å².